The minimum atomic E-state index is 0.0851. The SMILES string of the molecule is C=C1CCC2CCC1(OCC)CC2. The molecule has 0 saturated heterocycles. The molecule has 0 unspecified atom stereocenters. The molecule has 0 amide bonds. The van der Waals surface area contributed by atoms with Crippen LogP contribution in [0.15, 0.2) is 12.2 Å². The van der Waals surface area contributed by atoms with Gasteiger partial charge in [-0.2, -0.15) is 0 Å². The summed E-state index contributed by atoms with van der Waals surface area (Å²) in [5.41, 5.74) is 1.45. The van der Waals surface area contributed by atoms with Crippen LogP contribution in [-0.2, 0) is 4.74 Å². The summed E-state index contributed by atoms with van der Waals surface area (Å²) in [5, 5.41) is 0. The molecular weight excluding hydrogens is 160 g/mol. The molecule has 0 spiro atoms. The Kier molecular flexibility index (Phi) is 2.46. The minimum Gasteiger partial charge on any atom is -0.371 e. The summed E-state index contributed by atoms with van der Waals surface area (Å²) in [6, 6.07) is 0. The molecule has 1 heteroatoms. The highest BCUT2D eigenvalue weighted by atomic mass is 16.5. The van der Waals surface area contributed by atoms with Gasteiger partial charge in [-0.3, -0.25) is 0 Å². The molecule has 13 heavy (non-hydrogen) atoms. The quantitative estimate of drug-likeness (QED) is 0.592. The van der Waals surface area contributed by atoms with Crippen molar-refractivity contribution in [1.29, 1.82) is 0 Å². The fraction of sp³-hybridized carbons (Fsp3) is 0.833. The molecule has 2 bridgehead atoms. The summed E-state index contributed by atoms with van der Waals surface area (Å²) >= 11 is 0. The maximum Gasteiger partial charge on any atom is 0.0888 e. The maximum absolute atomic E-state index is 5.95. The normalized spacial score (nSPS) is 39.2. The first-order valence-electron chi connectivity index (χ1n) is 5.59. The summed E-state index contributed by atoms with van der Waals surface area (Å²) in [7, 11) is 0. The lowest BCUT2D eigenvalue weighted by atomic mass is 9.79. The number of fused-ring (bicyclic) bond motifs is 4. The third kappa shape index (κ3) is 1.54. The second-order valence-electron chi connectivity index (χ2n) is 4.51. The highest BCUT2D eigenvalue weighted by Gasteiger charge is 2.40. The summed E-state index contributed by atoms with van der Waals surface area (Å²) in [6.07, 6.45) is 7.73. The van der Waals surface area contributed by atoms with E-state index in [1.165, 1.54) is 44.1 Å². The van der Waals surface area contributed by atoms with Gasteiger partial charge in [-0.1, -0.05) is 6.58 Å². The Morgan fingerprint density at radius 2 is 2.08 bits per heavy atom. The van der Waals surface area contributed by atoms with Crippen LogP contribution in [0.1, 0.15) is 45.4 Å². The molecule has 0 radical (unpaired) electrons. The van der Waals surface area contributed by atoms with E-state index in [2.05, 4.69) is 13.5 Å². The van der Waals surface area contributed by atoms with E-state index in [0.717, 1.165) is 12.5 Å². The average molecular weight is 180 g/mol. The van der Waals surface area contributed by atoms with Crippen molar-refractivity contribution < 1.29 is 4.74 Å². The molecule has 0 N–H and O–H groups in total. The van der Waals surface area contributed by atoms with Crippen LogP contribution in [0.5, 0.6) is 0 Å². The van der Waals surface area contributed by atoms with Crippen LogP contribution < -0.4 is 0 Å². The number of rotatable bonds is 2. The Bertz CT molecular complexity index is 199. The van der Waals surface area contributed by atoms with Gasteiger partial charge in [0.25, 0.3) is 0 Å². The molecule has 0 aromatic carbocycles. The monoisotopic (exact) mass is 180 g/mol. The van der Waals surface area contributed by atoms with Crippen LogP contribution >= 0.6 is 0 Å². The third-order valence-electron chi connectivity index (χ3n) is 3.83. The second kappa shape index (κ2) is 3.45. The van der Waals surface area contributed by atoms with E-state index < -0.39 is 0 Å². The molecule has 74 valence electrons. The predicted molar refractivity (Wildman–Crippen MR) is 54.7 cm³/mol. The van der Waals surface area contributed by atoms with E-state index in [0.29, 0.717) is 0 Å². The zero-order valence-corrected chi connectivity index (χ0v) is 8.64. The summed E-state index contributed by atoms with van der Waals surface area (Å²) in [5.74, 6) is 0.966. The molecular formula is C12H20O. The summed E-state index contributed by atoms with van der Waals surface area (Å²) < 4.78 is 5.95. The summed E-state index contributed by atoms with van der Waals surface area (Å²) in [6.45, 7) is 7.15. The van der Waals surface area contributed by atoms with Crippen molar-refractivity contribution in [1.82, 2.24) is 0 Å². The highest BCUT2D eigenvalue weighted by molar-refractivity contribution is 5.17. The number of hydrogen-bond acceptors (Lipinski definition) is 1. The maximum atomic E-state index is 5.95. The van der Waals surface area contributed by atoms with Crippen molar-refractivity contribution in [2.45, 2.75) is 51.0 Å². The Morgan fingerprint density at radius 1 is 1.38 bits per heavy atom. The topological polar surface area (TPSA) is 9.23 Å². The van der Waals surface area contributed by atoms with E-state index in [1.54, 1.807) is 0 Å². The molecule has 0 aromatic rings. The fourth-order valence-corrected chi connectivity index (χ4v) is 2.91. The molecule has 1 nitrogen and oxygen atoms in total. The van der Waals surface area contributed by atoms with E-state index in [4.69, 9.17) is 4.74 Å². The number of ether oxygens (including phenoxy) is 1. The van der Waals surface area contributed by atoms with Crippen molar-refractivity contribution in [2.75, 3.05) is 6.61 Å². The Morgan fingerprint density at radius 3 is 2.69 bits per heavy atom. The van der Waals surface area contributed by atoms with Gasteiger partial charge in [0.15, 0.2) is 0 Å². The lowest BCUT2D eigenvalue weighted by molar-refractivity contribution is -0.0382. The predicted octanol–water partition coefficient (Wildman–Crippen LogP) is 3.30. The van der Waals surface area contributed by atoms with Crippen LogP contribution in [0.2, 0.25) is 0 Å². The van der Waals surface area contributed by atoms with Crippen molar-refractivity contribution in [3.63, 3.8) is 0 Å². The van der Waals surface area contributed by atoms with Gasteiger partial charge in [0.2, 0.25) is 0 Å². The van der Waals surface area contributed by atoms with E-state index in [9.17, 15) is 0 Å². The lowest BCUT2D eigenvalue weighted by Gasteiger charge is -2.37. The first-order valence-corrected chi connectivity index (χ1v) is 5.59. The van der Waals surface area contributed by atoms with Crippen LogP contribution in [0.4, 0.5) is 0 Å². The van der Waals surface area contributed by atoms with Crippen LogP contribution in [0.3, 0.4) is 0 Å². The molecule has 3 rings (SSSR count). The minimum absolute atomic E-state index is 0.0851. The Balaban J connectivity index is 2.18. The molecule has 3 aliphatic carbocycles. The lowest BCUT2D eigenvalue weighted by Crippen LogP contribution is -2.36. The molecule has 0 atom stereocenters. The van der Waals surface area contributed by atoms with Gasteiger partial charge >= 0.3 is 0 Å². The van der Waals surface area contributed by atoms with Crippen molar-refractivity contribution in [2.24, 2.45) is 5.92 Å². The third-order valence-corrected chi connectivity index (χ3v) is 3.83. The second-order valence-corrected chi connectivity index (χ2v) is 4.51. The summed E-state index contributed by atoms with van der Waals surface area (Å²) in [4.78, 5) is 0. The standard InChI is InChI=1S/C12H20O/c1-3-13-12-8-6-11(7-9-12)5-4-10(12)2/h11H,2-9H2,1H3. The first kappa shape index (κ1) is 9.26. The Labute approximate surface area is 81.2 Å². The van der Waals surface area contributed by atoms with Gasteiger partial charge in [-0.15, -0.1) is 0 Å². The molecule has 3 fully saturated rings. The first-order chi connectivity index (χ1) is 6.27. The van der Waals surface area contributed by atoms with Gasteiger partial charge in [0, 0.05) is 6.61 Å². The smallest absolute Gasteiger partial charge is 0.0888 e. The van der Waals surface area contributed by atoms with E-state index in [1.807, 2.05) is 0 Å². The molecule has 3 aliphatic rings. The largest absolute Gasteiger partial charge is 0.371 e. The Hall–Kier alpha value is -0.300. The van der Waals surface area contributed by atoms with E-state index >= 15 is 0 Å². The van der Waals surface area contributed by atoms with Crippen molar-refractivity contribution >= 4 is 0 Å². The molecule has 0 aliphatic heterocycles. The molecule has 0 aromatic heterocycles. The molecule has 3 saturated carbocycles. The van der Waals surface area contributed by atoms with Gasteiger partial charge < -0.3 is 4.74 Å². The van der Waals surface area contributed by atoms with Crippen LogP contribution in [-0.4, -0.2) is 12.2 Å². The number of hydrogen-bond donors (Lipinski definition) is 0. The zero-order valence-electron chi connectivity index (χ0n) is 8.64. The average Bonchev–Trinajstić information content (AvgIpc) is 2.38. The van der Waals surface area contributed by atoms with E-state index in [-0.39, 0.29) is 5.60 Å². The van der Waals surface area contributed by atoms with Gasteiger partial charge in [0.1, 0.15) is 0 Å². The van der Waals surface area contributed by atoms with Crippen LogP contribution in [0.25, 0.3) is 0 Å². The molecule has 0 heterocycles. The van der Waals surface area contributed by atoms with Crippen molar-refractivity contribution in [3.05, 3.63) is 12.2 Å². The van der Waals surface area contributed by atoms with Crippen molar-refractivity contribution in [3.8, 4) is 0 Å². The fourth-order valence-electron chi connectivity index (χ4n) is 2.91. The highest BCUT2D eigenvalue weighted by Crippen LogP contribution is 2.46. The van der Waals surface area contributed by atoms with Gasteiger partial charge in [0.05, 0.1) is 5.60 Å². The van der Waals surface area contributed by atoms with Gasteiger partial charge in [-0.05, 0) is 56.9 Å². The van der Waals surface area contributed by atoms with Crippen LogP contribution in [0, 0.1) is 5.92 Å². The zero-order chi connectivity index (χ0) is 9.31. The van der Waals surface area contributed by atoms with Gasteiger partial charge in [-0.25, -0.2) is 0 Å².